The van der Waals surface area contributed by atoms with Crippen LogP contribution in [-0.2, 0) is 9.59 Å². The number of rotatable bonds is 5. The van der Waals surface area contributed by atoms with Crippen LogP contribution in [0.1, 0.15) is 65.7 Å². The Kier molecular flexibility index (Phi) is 4.81. The topological polar surface area (TPSA) is 116 Å². The molecule has 2 aliphatic heterocycles. The first kappa shape index (κ1) is 19.1. The molecule has 1 spiro atoms. The highest BCUT2D eigenvalue weighted by atomic mass is 16.2. The first-order chi connectivity index (χ1) is 13.9. The first-order valence-electron chi connectivity index (χ1n) is 9.84. The molecule has 152 valence electrons. The van der Waals surface area contributed by atoms with Crippen molar-refractivity contribution in [2.24, 2.45) is 0 Å². The number of carbonyl (C=O) groups is 5. The molecule has 6 amide bonds. The van der Waals surface area contributed by atoms with Crippen molar-refractivity contribution in [3.8, 4) is 0 Å². The Morgan fingerprint density at radius 2 is 1.62 bits per heavy atom. The fourth-order valence-electron chi connectivity index (χ4n) is 4.24. The van der Waals surface area contributed by atoms with Crippen molar-refractivity contribution in [3.63, 3.8) is 0 Å². The van der Waals surface area contributed by atoms with Gasteiger partial charge in [0.05, 0.1) is 11.1 Å². The second-order valence-electron chi connectivity index (χ2n) is 7.66. The molecule has 2 N–H and O–H groups in total. The maximum atomic E-state index is 12.7. The van der Waals surface area contributed by atoms with Gasteiger partial charge in [0.2, 0.25) is 5.91 Å². The van der Waals surface area contributed by atoms with E-state index in [1.54, 1.807) is 24.3 Å². The predicted molar refractivity (Wildman–Crippen MR) is 100 cm³/mol. The van der Waals surface area contributed by atoms with Gasteiger partial charge >= 0.3 is 6.03 Å². The van der Waals surface area contributed by atoms with E-state index in [1.807, 2.05) is 0 Å². The number of benzene rings is 1. The van der Waals surface area contributed by atoms with E-state index < -0.39 is 23.4 Å². The third kappa shape index (κ3) is 3.26. The second kappa shape index (κ2) is 7.31. The van der Waals surface area contributed by atoms with Crippen LogP contribution in [-0.4, -0.2) is 51.7 Å². The van der Waals surface area contributed by atoms with E-state index in [4.69, 9.17) is 0 Å². The summed E-state index contributed by atoms with van der Waals surface area (Å²) in [5.74, 6) is -1.69. The van der Waals surface area contributed by atoms with E-state index in [2.05, 4.69) is 10.7 Å². The molecule has 0 unspecified atom stereocenters. The highest BCUT2D eigenvalue weighted by molar-refractivity contribution is 6.21. The Morgan fingerprint density at radius 1 is 1.00 bits per heavy atom. The summed E-state index contributed by atoms with van der Waals surface area (Å²) in [5.41, 5.74) is 2.18. The van der Waals surface area contributed by atoms with E-state index in [0.717, 1.165) is 29.2 Å². The third-order valence-corrected chi connectivity index (χ3v) is 5.77. The summed E-state index contributed by atoms with van der Waals surface area (Å²) in [4.78, 5) is 62.8. The molecule has 3 aliphatic rings. The standard InChI is InChI=1S/C20H22N4O5/c25-15(22-24-18(28)20(21-19(24)29)10-4-1-5-11-20)9-6-12-23-16(26)13-7-2-3-8-14(13)17(23)27/h2-3,7-8H,1,4-6,9-12H2,(H,21,29)(H,22,25). The summed E-state index contributed by atoms with van der Waals surface area (Å²) in [7, 11) is 0. The lowest BCUT2D eigenvalue weighted by Gasteiger charge is -2.30. The fraction of sp³-hybridized carbons (Fsp3) is 0.450. The van der Waals surface area contributed by atoms with Crippen molar-refractivity contribution in [2.75, 3.05) is 6.54 Å². The average molecular weight is 398 g/mol. The van der Waals surface area contributed by atoms with E-state index in [1.165, 1.54) is 0 Å². The van der Waals surface area contributed by atoms with Crippen molar-refractivity contribution in [1.82, 2.24) is 20.7 Å². The van der Waals surface area contributed by atoms with Crippen LogP contribution in [0.4, 0.5) is 4.79 Å². The molecule has 2 heterocycles. The zero-order chi connectivity index (χ0) is 20.6. The minimum absolute atomic E-state index is 0.0303. The summed E-state index contributed by atoms with van der Waals surface area (Å²) in [6.45, 7) is 0.0871. The molecule has 4 rings (SSSR count). The predicted octanol–water partition coefficient (Wildman–Crippen LogP) is 1.35. The van der Waals surface area contributed by atoms with Crippen LogP contribution in [0.3, 0.4) is 0 Å². The van der Waals surface area contributed by atoms with Crippen LogP contribution >= 0.6 is 0 Å². The molecule has 0 atom stereocenters. The molecule has 29 heavy (non-hydrogen) atoms. The Labute approximate surface area is 167 Å². The monoisotopic (exact) mass is 398 g/mol. The summed E-state index contributed by atoms with van der Waals surface area (Å²) in [6, 6.07) is 5.96. The first-order valence-corrected chi connectivity index (χ1v) is 9.84. The lowest BCUT2D eigenvalue weighted by atomic mass is 9.82. The Bertz CT molecular complexity index is 871. The summed E-state index contributed by atoms with van der Waals surface area (Å²) in [5, 5.41) is 3.48. The molecule has 0 aromatic heterocycles. The van der Waals surface area contributed by atoms with Crippen molar-refractivity contribution in [3.05, 3.63) is 35.4 Å². The molecule has 1 saturated carbocycles. The van der Waals surface area contributed by atoms with Gasteiger partial charge in [-0.2, -0.15) is 5.01 Å². The number of urea groups is 1. The molecule has 0 bridgehead atoms. The molecule has 2 fully saturated rings. The van der Waals surface area contributed by atoms with Crippen LogP contribution in [0.2, 0.25) is 0 Å². The second-order valence-corrected chi connectivity index (χ2v) is 7.66. The molecule has 1 aromatic rings. The zero-order valence-electron chi connectivity index (χ0n) is 15.9. The van der Waals surface area contributed by atoms with Crippen molar-refractivity contribution >= 4 is 29.7 Å². The molecule has 1 aromatic carbocycles. The summed E-state index contributed by atoms with van der Waals surface area (Å²) in [6.07, 6.45) is 4.08. The van der Waals surface area contributed by atoms with Crippen molar-refractivity contribution < 1.29 is 24.0 Å². The van der Waals surface area contributed by atoms with E-state index >= 15 is 0 Å². The molecule has 1 aliphatic carbocycles. The van der Waals surface area contributed by atoms with Crippen LogP contribution in [0.25, 0.3) is 0 Å². The molecule has 9 nitrogen and oxygen atoms in total. The highest BCUT2D eigenvalue weighted by Gasteiger charge is 2.52. The Balaban J connectivity index is 1.30. The van der Waals surface area contributed by atoms with Crippen LogP contribution in [0.5, 0.6) is 0 Å². The zero-order valence-corrected chi connectivity index (χ0v) is 15.9. The maximum absolute atomic E-state index is 12.7. The van der Waals surface area contributed by atoms with Gasteiger partial charge in [0, 0.05) is 13.0 Å². The number of fused-ring (bicyclic) bond motifs is 1. The summed E-state index contributed by atoms with van der Waals surface area (Å²) >= 11 is 0. The number of nitrogens with one attached hydrogen (secondary N) is 2. The van der Waals surface area contributed by atoms with Crippen LogP contribution in [0.15, 0.2) is 24.3 Å². The Morgan fingerprint density at radius 3 is 2.24 bits per heavy atom. The van der Waals surface area contributed by atoms with E-state index in [-0.39, 0.29) is 31.2 Å². The van der Waals surface area contributed by atoms with Gasteiger partial charge in [-0.3, -0.25) is 29.5 Å². The van der Waals surface area contributed by atoms with Gasteiger partial charge < -0.3 is 5.32 Å². The number of carbonyl (C=O) groups excluding carboxylic acids is 5. The number of hydrogen-bond donors (Lipinski definition) is 2. The number of imide groups is 2. The fourth-order valence-corrected chi connectivity index (χ4v) is 4.24. The third-order valence-electron chi connectivity index (χ3n) is 5.77. The number of hydrogen-bond acceptors (Lipinski definition) is 5. The van der Waals surface area contributed by atoms with Gasteiger partial charge in [-0.05, 0) is 31.4 Å². The van der Waals surface area contributed by atoms with Gasteiger partial charge in [0.25, 0.3) is 17.7 Å². The largest absolute Gasteiger partial charge is 0.344 e. The molecule has 1 saturated heterocycles. The number of hydrazine groups is 1. The van der Waals surface area contributed by atoms with E-state index in [9.17, 15) is 24.0 Å². The lowest BCUT2D eigenvalue weighted by molar-refractivity contribution is -0.139. The van der Waals surface area contributed by atoms with Crippen LogP contribution < -0.4 is 10.7 Å². The molecular weight excluding hydrogens is 376 g/mol. The smallest absolute Gasteiger partial charge is 0.322 e. The van der Waals surface area contributed by atoms with Gasteiger partial charge in [-0.15, -0.1) is 0 Å². The SMILES string of the molecule is O=C(CCCN1C(=O)c2ccccc2C1=O)NN1C(=O)NC2(CCCCC2)C1=O. The van der Waals surface area contributed by atoms with Gasteiger partial charge in [0.1, 0.15) is 5.54 Å². The average Bonchev–Trinajstić information content (AvgIpc) is 3.09. The molecule has 9 heteroatoms. The normalized spacial score (nSPS) is 20.3. The van der Waals surface area contributed by atoms with Gasteiger partial charge in [-0.25, -0.2) is 4.79 Å². The summed E-state index contributed by atoms with van der Waals surface area (Å²) < 4.78 is 0. The minimum atomic E-state index is -0.900. The van der Waals surface area contributed by atoms with E-state index in [0.29, 0.717) is 24.0 Å². The quantitative estimate of drug-likeness (QED) is 0.574. The van der Waals surface area contributed by atoms with Gasteiger partial charge in [0.15, 0.2) is 0 Å². The number of amides is 6. The highest BCUT2D eigenvalue weighted by Crippen LogP contribution is 2.33. The molecular formula is C20H22N4O5. The van der Waals surface area contributed by atoms with Gasteiger partial charge in [-0.1, -0.05) is 31.4 Å². The molecule has 0 radical (unpaired) electrons. The van der Waals surface area contributed by atoms with Crippen molar-refractivity contribution in [1.29, 1.82) is 0 Å². The number of nitrogens with zero attached hydrogens (tertiary/aromatic N) is 2. The van der Waals surface area contributed by atoms with Crippen LogP contribution in [0, 0.1) is 0 Å². The Hall–Kier alpha value is -3.23. The minimum Gasteiger partial charge on any atom is -0.322 e. The van der Waals surface area contributed by atoms with Crippen molar-refractivity contribution in [2.45, 2.75) is 50.5 Å². The lowest BCUT2D eigenvalue weighted by Crippen LogP contribution is -2.51. The maximum Gasteiger partial charge on any atom is 0.344 e.